The fourth-order valence-electron chi connectivity index (χ4n) is 3.52. The molecule has 23 heavy (non-hydrogen) atoms. The smallest absolute Gasteiger partial charge is 0.239 e. The zero-order valence-corrected chi connectivity index (χ0v) is 16.8. The molecule has 2 heterocycles. The minimum atomic E-state index is -0.891. The molecule has 4 heteroatoms. The Morgan fingerprint density at radius 2 is 1.48 bits per heavy atom. The molecule has 1 saturated heterocycles. The number of benzene rings is 1. The van der Waals surface area contributed by atoms with Crippen LogP contribution < -0.4 is 4.52 Å². The van der Waals surface area contributed by atoms with Crippen molar-refractivity contribution in [3.05, 3.63) is 29.3 Å². The van der Waals surface area contributed by atoms with Gasteiger partial charge in [-0.2, -0.15) is 0 Å². The average Bonchev–Trinajstić information content (AvgIpc) is 2.57. The second-order valence-electron chi connectivity index (χ2n) is 8.89. The van der Waals surface area contributed by atoms with Gasteiger partial charge in [0.15, 0.2) is 0 Å². The minimum Gasteiger partial charge on any atom is -0.447 e. The van der Waals surface area contributed by atoms with Gasteiger partial charge in [0.05, 0.1) is 10.8 Å². The summed E-state index contributed by atoms with van der Waals surface area (Å²) >= 11 is 0. The monoisotopic (exact) mass is 335 g/mol. The van der Waals surface area contributed by atoms with Crippen LogP contribution in [0.3, 0.4) is 0 Å². The highest BCUT2D eigenvalue weighted by Gasteiger charge is 2.59. The van der Waals surface area contributed by atoms with Crippen molar-refractivity contribution in [2.45, 2.75) is 77.2 Å². The molecule has 1 fully saturated rings. The lowest BCUT2D eigenvalue weighted by atomic mass is 9.90. The molecule has 0 bridgehead atoms. The number of hydrogen-bond donors (Lipinski definition) is 0. The molecule has 1 atom stereocenters. The molecule has 1 unspecified atom stereocenters. The summed E-state index contributed by atoms with van der Waals surface area (Å²) in [5, 5.41) is 0.0624. The molecule has 2 aliphatic rings. The van der Waals surface area contributed by atoms with Crippen LogP contribution in [0.15, 0.2) is 18.2 Å². The topological polar surface area (TPSA) is 21.7 Å². The van der Waals surface area contributed by atoms with E-state index in [1.54, 1.807) is 0 Å². The Balaban J connectivity index is 1.91. The van der Waals surface area contributed by atoms with Gasteiger partial charge < -0.3 is 9.05 Å². The molecule has 0 amide bonds. The molecule has 0 aromatic heterocycles. The van der Waals surface area contributed by atoms with Crippen molar-refractivity contribution in [2.75, 3.05) is 7.05 Å². The maximum absolute atomic E-state index is 6.25. The average molecular weight is 335 g/mol. The first-order valence-electron chi connectivity index (χ1n) is 8.38. The van der Waals surface area contributed by atoms with E-state index in [2.05, 4.69) is 85.5 Å². The third-order valence-electron chi connectivity index (χ3n) is 6.42. The van der Waals surface area contributed by atoms with Crippen LogP contribution in [0.4, 0.5) is 0 Å². The van der Waals surface area contributed by atoms with E-state index in [0.29, 0.717) is 0 Å². The Hall–Kier alpha value is -0.630. The molecule has 1 aromatic rings. The van der Waals surface area contributed by atoms with Gasteiger partial charge in [0.25, 0.3) is 0 Å². The highest BCUT2D eigenvalue weighted by atomic mass is 31.2. The van der Waals surface area contributed by atoms with Gasteiger partial charge in [-0.05, 0) is 85.7 Å². The van der Waals surface area contributed by atoms with Gasteiger partial charge in [0.2, 0.25) is 8.38 Å². The zero-order chi connectivity index (χ0) is 17.4. The predicted molar refractivity (Wildman–Crippen MR) is 97.0 cm³/mol. The van der Waals surface area contributed by atoms with E-state index < -0.39 is 8.38 Å². The summed E-state index contributed by atoms with van der Waals surface area (Å²) in [5.41, 5.74) is 2.67. The van der Waals surface area contributed by atoms with Crippen LogP contribution >= 0.6 is 8.38 Å². The molecular formula is C19H30NO2P. The van der Waals surface area contributed by atoms with E-state index in [0.717, 1.165) is 5.75 Å². The summed E-state index contributed by atoms with van der Waals surface area (Å²) in [5.74, 6) is 0.928. The Bertz CT molecular complexity index is 649. The van der Waals surface area contributed by atoms with Crippen molar-refractivity contribution in [3.63, 3.8) is 0 Å². The number of rotatable bonds is 2. The van der Waals surface area contributed by atoms with E-state index >= 15 is 0 Å². The quantitative estimate of drug-likeness (QED) is 0.677. The summed E-state index contributed by atoms with van der Waals surface area (Å²) in [4.78, 5) is 2.44. The molecule has 0 N–H and O–H groups in total. The van der Waals surface area contributed by atoms with Crippen LogP contribution in [-0.2, 0) is 15.6 Å². The summed E-state index contributed by atoms with van der Waals surface area (Å²) < 4.78 is 12.3. The number of nitrogens with zero attached hydrogens (tertiary/aromatic N) is 1. The largest absolute Gasteiger partial charge is 0.447 e. The highest BCUT2D eigenvalue weighted by molar-refractivity contribution is 7.51. The maximum Gasteiger partial charge on any atom is 0.239 e. The minimum absolute atomic E-state index is 0.000716. The second kappa shape index (κ2) is 4.71. The predicted octanol–water partition coefficient (Wildman–Crippen LogP) is 5.38. The van der Waals surface area contributed by atoms with Crippen LogP contribution in [0.2, 0.25) is 0 Å². The van der Waals surface area contributed by atoms with Crippen molar-refractivity contribution in [3.8, 4) is 5.75 Å². The van der Waals surface area contributed by atoms with Crippen molar-refractivity contribution >= 4 is 8.38 Å². The van der Waals surface area contributed by atoms with Gasteiger partial charge in [-0.15, -0.1) is 0 Å². The molecule has 0 aliphatic carbocycles. The molecule has 3 nitrogen and oxygen atoms in total. The van der Waals surface area contributed by atoms with Crippen molar-refractivity contribution < 1.29 is 9.05 Å². The van der Waals surface area contributed by atoms with Crippen LogP contribution in [0.1, 0.15) is 66.5 Å². The molecule has 128 valence electrons. The van der Waals surface area contributed by atoms with Gasteiger partial charge in [-0.25, -0.2) is 0 Å². The molecule has 0 saturated carbocycles. The van der Waals surface area contributed by atoms with Crippen LogP contribution in [-0.4, -0.2) is 22.7 Å². The van der Waals surface area contributed by atoms with Gasteiger partial charge in [0, 0.05) is 11.1 Å². The van der Waals surface area contributed by atoms with Crippen LogP contribution in [0.25, 0.3) is 0 Å². The lowest BCUT2D eigenvalue weighted by Crippen LogP contribution is -2.55. The van der Waals surface area contributed by atoms with Crippen molar-refractivity contribution in [2.24, 2.45) is 0 Å². The maximum atomic E-state index is 6.25. The first-order valence-corrected chi connectivity index (χ1v) is 9.56. The Morgan fingerprint density at radius 3 is 2.00 bits per heavy atom. The van der Waals surface area contributed by atoms with E-state index in [1.807, 2.05) is 0 Å². The molecule has 0 radical (unpaired) electrons. The van der Waals surface area contributed by atoms with Crippen LogP contribution in [0.5, 0.6) is 5.75 Å². The van der Waals surface area contributed by atoms with E-state index in [1.165, 1.54) is 11.1 Å². The number of fused-ring (bicyclic) bond motifs is 1. The van der Waals surface area contributed by atoms with Crippen molar-refractivity contribution in [1.29, 1.82) is 0 Å². The Labute approximate surface area is 142 Å². The first kappa shape index (κ1) is 17.2. The lowest BCUT2D eigenvalue weighted by molar-refractivity contribution is 0.00606. The van der Waals surface area contributed by atoms with Crippen molar-refractivity contribution in [1.82, 2.24) is 4.90 Å². The second-order valence-corrected chi connectivity index (χ2v) is 10.9. The molecule has 0 spiro atoms. The van der Waals surface area contributed by atoms with Gasteiger partial charge in [-0.1, -0.05) is 6.07 Å². The molecular weight excluding hydrogens is 305 g/mol. The number of hydrogen-bond acceptors (Lipinski definition) is 3. The van der Waals surface area contributed by atoms with Gasteiger partial charge in [0.1, 0.15) is 5.75 Å². The lowest BCUT2D eigenvalue weighted by Gasteiger charge is -2.55. The summed E-state index contributed by atoms with van der Waals surface area (Å²) in [6.45, 7) is 17.9. The van der Waals surface area contributed by atoms with E-state index in [9.17, 15) is 0 Å². The highest BCUT2D eigenvalue weighted by Crippen LogP contribution is 2.69. The molecule has 1 aromatic carbocycles. The zero-order valence-electron chi connectivity index (χ0n) is 15.9. The van der Waals surface area contributed by atoms with Gasteiger partial charge in [-0.3, -0.25) is 4.90 Å². The third-order valence-corrected chi connectivity index (χ3v) is 8.87. The SMILES string of the molecule is CN1C(C)(C)c2ccc(OP3OC(C)(C)C3(C)C)cc2C1(C)C. The Morgan fingerprint density at radius 1 is 0.913 bits per heavy atom. The summed E-state index contributed by atoms with van der Waals surface area (Å²) in [6.07, 6.45) is 0. The van der Waals surface area contributed by atoms with E-state index in [4.69, 9.17) is 9.05 Å². The molecule has 2 aliphatic heterocycles. The normalized spacial score (nSPS) is 29.7. The standard InChI is InChI=1S/C19H30NO2P/c1-16(2)14-11-10-13(12-15(14)17(3,4)20(16)9)21-23-19(7,8)18(5,6)22-23/h10-12H,1-9H3. The summed E-state index contributed by atoms with van der Waals surface area (Å²) in [7, 11) is 1.31. The van der Waals surface area contributed by atoms with E-state index in [-0.39, 0.29) is 21.8 Å². The summed E-state index contributed by atoms with van der Waals surface area (Å²) in [6, 6.07) is 6.54. The fourth-order valence-corrected chi connectivity index (χ4v) is 5.32. The van der Waals surface area contributed by atoms with Gasteiger partial charge >= 0.3 is 0 Å². The Kier molecular flexibility index (Phi) is 3.53. The van der Waals surface area contributed by atoms with Crippen LogP contribution in [0, 0.1) is 0 Å². The first-order chi connectivity index (χ1) is 10.3. The third kappa shape index (κ3) is 2.20. The fraction of sp³-hybridized carbons (Fsp3) is 0.684. The molecule has 3 rings (SSSR count).